The lowest BCUT2D eigenvalue weighted by atomic mass is 10.1. The summed E-state index contributed by atoms with van der Waals surface area (Å²) in [6.07, 6.45) is 6.14. The molecule has 19 heavy (non-hydrogen) atoms. The van der Waals surface area contributed by atoms with Gasteiger partial charge in [-0.3, -0.25) is 4.79 Å². The van der Waals surface area contributed by atoms with E-state index in [0.717, 1.165) is 38.5 Å². The van der Waals surface area contributed by atoms with Crippen LogP contribution in [0.5, 0.6) is 0 Å². The average Bonchev–Trinajstić information content (AvgIpc) is 2.95. The Kier molecular flexibility index (Phi) is 7.48. The number of rotatable bonds is 8. The van der Waals surface area contributed by atoms with Crippen molar-refractivity contribution in [2.75, 3.05) is 13.7 Å². The summed E-state index contributed by atoms with van der Waals surface area (Å²) < 4.78 is 10.0. The molecule has 0 aromatic rings. The first-order valence-electron chi connectivity index (χ1n) is 7.18. The molecule has 1 N–H and O–H groups in total. The van der Waals surface area contributed by atoms with Crippen LogP contribution >= 0.6 is 0 Å². The molecule has 1 rings (SSSR count). The average molecular weight is 271 g/mol. The Hall–Kier alpha value is -1.10. The Labute approximate surface area is 115 Å². The molecular formula is C14H25NO4. The van der Waals surface area contributed by atoms with Crippen LogP contribution in [-0.2, 0) is 19.1 Å². The summed E-state index contributed by atoms with van der Waals surface area (Å²) in [4.78, 5) is 23.6. The minimum atomic E-state index is -0.543. The molecular weight excluding hydrogens is 246 g/mol. The Bertz CT molecular complexity index is 287. The number of esters is 1. The number of carbonyl (C=O) groups is 2. The number of ether oxygens (including phenoxy) is 2. The minimum Gasteiger partial charge on any atom is -0.467 e. The third-order valence-corrected chi connectivity index (χ3v) is 3.37. The molecule has 0 radical (unpaired) electrons. The van der Waals surface area contributed by atoms with Crippen LogP contribution in [0.1, 0.15) is 51.9 Å². The highest BCUT2D eigenvalue weighted by atomic mass is 16.5. The third-order valence-electron chi connectivity index (χ3n) is 3.37. The molecule has 110 valence electrons. The molecule has 1 fully saturated rings. The summed E-state index contributed by atoms with van der Waals surface area (Å²) in [7, 11) is 1.35. The zero-order chi connectivity index (χ0) is 14.1. The standard InChI is InChI=1S/C14H25NO4/c1-3-4-5-6-8-11(14(17)18-2)15-13(16)12-9-7-10-19-12/h11-12H,3-10H2,1-2H3,(H,15,16)/t11-,12-/m1/s1. The molecule has 0 aromatic heterocycles. The molecule has 5 heteroatoms. The van der Waals surface area contributed by atoms with E-state index >= 15 is 0 Å². The van der Waals surface area contributed by atoms with E-state index in [1.807, 2.05) is 0 Å². The lowest BCUT2D eigenvalue weighted by Gasteiger charge is -2.18. The predicted octanol–water partition coefficient (Wildman–Crippen LogP) is 1.79. The number of nitrogens with one attached hydrogen (secondary N) is 1. The number of carbonyl (C=O) groups excluding carboxylic acids is 2. The number of unbranched alkanes of at least 4 members (excludes halogenated alkanes) is 3. The van der Waals surface area contributed by atoms with Crippen molar-refractivity contribution in [3.8, 4) is 0 Å². The Morgan fingerprint density at radius 2 is 2.16 bits per heavy atom. The summed E-state index contributed by atoms with van der Waals surface area (Å²) in [5.74, 6) is -0.564. The Balaban J connectivity index is 2.39. The fraction of sp³-hybridized carbons (Fsp3) is 0.857. The highest BCUT2D eigenvalue weighted by Crippen LogP contribution is 2.13. The molecule has 0 bridgehead atoms. The molecule has 1 heterocycles. The van der Waals surface area contributed by atoms with Crippen molar-refractivity contribution in [3.05, 3.63) is 0 Å². The largest absolute Gasteiger partial charge is 0.467 e. The van der Waals surface area contributed by atoms with Crippen LogP contribution in [0.4, 0.5) is 0 Å². The molecule has 5 nitrogen and oxygen atoms in total. The van der Waals surface area contributed by atoms with Gasteiger partial charge in [0.25, 0.3) is 0 Å². The van der Waals surface area contributed by atoms with Crippen LogP contribution in [0.3, 0.4) is 0 Å². The normalized spacial score (nSPS) is 20.0. The summed E-state index contributed by atoms with van der Waals surface area (Å²) in [6.45, 7) is 2.76. The van der Waals surface area contributed by atoms with E-state index in [9.17, 15) is 9.59 Å². The highest BCUT2D eigenvalue weighted by molar-refractivity contribution is 5.87. The molecule has 0 aromatic carbocycles. The highest BCUT2D eigenvalue weighted by Gasteiger charge is 2.28. The maximum atomic E-state index is 11.9. The van der Waals surface area contributed by atoms with Crippen LogP contribution in [-0.4, -0.2) is 37.7 Å². The van der Waals surface area contributed by atoms with Crippen molar-refractivity contribution >= 4 is 11.9 Å². The molecule has 1 aliphatic rings. The van der Waals surface area contributed by atoms with Crippen molar-refractivity contribution in [1.29, 1.82) is 0 Å². The van der Waals surface area contributed by atoms with Gasteiger partial charge >= 0.3 is 5.97 Å². The molecule has 0 unspecified atom stereocenters. The topological polar surface area (TPSA) is 64.6 Å². The first-order valence-corrected chi connectivity index (χ1v) is 7.18. The van der Waals surface area contributed by atoms with Crippen LogP contribution in [0, 0.1) is 0 Å². The van der Waals surface area contributed by atoms with Crippen LogP contribution in [0.15, 0.2) is 0 Å². The van der Waals surface area contributed by atoms with Gasteiger partial charge in [0.1, 0.15) is 12.1 Å². The third kappa shape index (κ3) is 5.59. The second kappa shape index (κ2) is 8.91. The first kappa shape index (κ1) is 16.0. The second-order valence-corrected chi connectivity index (χ2v) is 4.94. The summed E-state index contributed by atoms with van der Waals surface area (Å²) >= 11 is 0. The minimum absolute atomic E-state index is 0.191. The van der Waals surface area contributed by atoms with Gasteiger partial charge in [-0.1, -0.05) is 32.6 Å². The fourth-order valence-corrected chi connectivity index (χ4v) is 2.22. The van der Waals surface area contributed by atoms with Gasteiger partial charge in [-0.25, -0.2) is 4.79 Å². The van der Waals surface area contributed by atoms with Crippen molar-refractivity contribution in [3.63, 3.8) is 0 Å². The molecule has 0 saturated carbocycles. The summed E-state index contributed by atoms with van der Waals surface area (Å²) in [5, 5.41) is 2.75. The van der Waals surface area contributed by atoms with E-state index in [1.54, 1.807) is 0 Å². The second-order valence-electron chi connectivity index (χ2n) is 4.94. The maximum absolute atomic E-state index is 11.9. The van der Waals surface area contributed by atoms with E-state index < -0.39 is 12.1 Å². The molecule has 0 aliphatic carbocycles. The van der Waals surface area contributed by atoms with Gasteiger partial charge in [0.15, 0.2) is 0 Å². The van der Waals surface area contributed by atoms with E-state index in [-0.39, 0.29) is 11.9 Å². The number of amides is 1. The molecule has 1 aliphatic heterocycles. The van der Waals surface area contributed by atoms with E-state index in [4.69, 9.17) is 9.47 Å². The van der Waals surface area contributed by atoms with E-state index in [1.165, 1.54) is 7.11 Å². The van der Waals surface area contributed by atoms with Gasteiger partial charge in [0, 0.05) is 6.61 Å². The zero-order valence-corrected chi connectivity index (χ0v) is 11.9. The Morgan fingerprint density at radius 1 is 1.37 bits per heavy atom. The molecule has 1 saturated heterocycles. The predicted molar refractivity (Wildman–Crippen MR) is 71.7 cm³/mol. The smallest absolute Gasteiger partial charge is 0.328 e. The Morgan fingerprint density at radius 3 is 2.74 bits per heavy atom. The zero-order valence-electron chi connectivity index (χ0n) is 11.9. The van der Waals surface area contributed by atoms with Crippen molar-refractivity contribution in [2.45, 2.75) is 64.0 Å². The first-order chi connectivity index (χ1) is 9.19. The van der Waals surface area contributed by atoms with Crippen LogP contribution < -0.4 is 5.32 Å². The fourth-order valence-electron chi connectivity index (χ4n) is 2.22. The van der Waals surface area contributed by atoms with Gasteiger partial charge in [-0.05, 0) is 19.3 Å². The van der Waals surface area contributed by atoms with Gasteiger partial charge in [0.2, 0.25) is 5.91 Å². The van der Waals surface area contributed by atoms with E-state index in [0.29, 0.717) is 13.0 Å². The molecule has 0 spiro atoms. The van der Waals surface area contributed by atoms with Gasteiger partial charge in [-0.2, -0.15) is 0 Å². The van der Waals surface area contributed by atoms with Crippen molar-refractivity contribution in [2.24, 2.45) is 0 Å². The number of methoxy groups -OCH3 is 1. The lowest BCUT2D eigenvalue weighted by Crippen LogP contribution is -2.45. The maximum Gasteiger partial charge on any atom is 0.328 e. The number of hydrogen-bond donors (Lipinski definition) is 1. The lowest BCUT2D eigenvalue weighted by molar-refractivity contribution is -0.146. The molecule has 2 atom stereocenters. The van der Waals surface area contributed by atoms with E-state index in [2.05, 4.69) is 12.2 Å². The van der Waals surface area contributed by atoms with Gasteiger partial charge < -0.3 is 14.8 Å². The quantitative estimate of drug-likeness (QED) is 0.540. The van der Waals surface area contributed by atoms with Crippen molar-refractivity contribution in [1.82, 2.24) is 5.32 Å². The molecule has 1 amide bonds. The van der Waals surface area contributed by atoms with Crippen LogP contribution in [0.2, 0.25) is 0 Å². The van der Waals surface area contributed by atoms with Gasteiger partial charge in [0.05, 0.1) is 7.11 Å². The van der Waals surface area contributed by atoms with Gasteiger partial charge in [-0.15, -0.1) is 0 Å². The van der Waals surface area contributed by atoms with Crippen LogP contribution in [0.25, 0.3) is 0 Å². The summed E-state index contributed by atoms with van der Waals surface area (Å²) in [6, 6.07) is -0.543. The monoisotopic (exact) mass is 271 g/mol. The number of hydrogen-bond acceptors (Lipinski definition) is 4. The summed E-state index contributed by atoms with van der Waals surface area (Å²) in [5.41, 5.74) is 0. The SMILES string of the molecule is CCCCCC[C@@H](NC(=O)[C@H]1CCCO1)C(=O)OC. The van der Waals surface area contributed by atoms with Crippen molar-refractivity contribution < 1.29 is 19.1 Å².